The van der Waals surface area contributed by atoms with Crippen LogP contribution in [0.5, 0.6) is 0 Å². The molecule has 2 aromatic rings. The number of hydrogen-bond donors (Lipinski definition) is 0. The first-order valence-corrected chi connectivity index (χ1v) is 9.97. The molecule has 0 radical (unpaired) electrons. The third kappa shape index (κ3) is 5.61. The van der Waals surface area contributed by atoms with Gasteiger partial charge in [0.25, 0.3) is 0 Å². The number of benzene rings is 2. The molecule has 28 heavy (non-hydrogen) atoms. The first kappa shape index (κ1) is 20.5. The van der Waals surface area contributed by atoms with E-state index in [1.165, 1.54) is 5.56 Å². The Morgan fingerprint density at radius 3 is 2.32 bits per heavy atom. The molecule has 0 spiro atoms. The average Bonchev–Trinajstić information content (AvgIpc) is 2.69. The van der Waals surface area contributed by atoms with Crippen LogP contribution in [-0.4, -0.2) is 67.8 Å². The van der Waals surface area contributed by atoms with E-state index in [9.17, 15) is 4.79 Å². The second-order valence-electron chi connectivity index (χ2n) is 7.87. The summed E-state index contributed by atoms with van der Waals surface area (Å²) in [4.78, 5) is 19.8. The summed E-state index contributed by atoms with van der Waals surface area (Å²) in [7, 11) is 6.21. The van der Waals surface area contributed by atoms with E-state index in [2.05, 4.69) is 39.9 Å². The molecular formula is C24H31N3O. The van der Waals surface area contributed by atoms with Crippen LogP contribution in [0.15, 0.2) is 54.6 Å². The molecule has 2 aromatic carbocycles. The Labute approximate surface area is 169 Å². The zero-order valence-electron chi connectivity index (χ0n) is 17.3. The van der Waals surface area contributed by atoms with Crippen LogP contribution < -0.4 is 0 Å². The lowest BCUT2D eigenvalue weighted by molar-refractivity contribution is 0.104. The quantitative estimate of drug-likeness (QED) is 0.546. The molecule has 1 aliphatic heterocycles. The summed E-state index contributed by atoms with van der Waals surface area (Å²) in [5.74, 6) is 0.0619. The summed E-state index contributed by atoms with van der Waals surface area (Å²) in [6.45, 7) is 6.09. The van der Waals surface area contributed by atoms with Crippen LogP contribution in [0.1, 0.15) is 27.0 Å². The van der Waals surface area contributed by atoms with Crippen molar-refractivity contribution < 1.29 is 4.79 Å². The summed E-state index contributed by atoms with van der Waals surface area (Å²) < 4.78 is 0. The molecule has 4 nitrogen and oxygen atoms in total. The van der Waals surface area contributed by atoms with Crippen molar-refractivity contribution in [1.82, 2.24) is 14.7 Å². The number of carbonyl (C=O) groups is 1. The van der Waals surface area contributed by atoms with Gasteiger partial charge in [0.2, 0.25) is 0 Å². The first-order chi connectivity index (χ1) is 13.5. The lowest BCUT2D eigenvalue weighted by Gasteiger charge is -2.32. The van der Waals surface area contributed by atoms with Crippen LogP contribution in [0.4, 0.5) is 0 Å². The van der Waals surface area contributed by atoms with Crippen LogP contribution in [0.25, 0.3) is 6.08 Å². The molecule has 0 atom stereocenters. The molecule has 1 aliphatic rings. The number of piperazine rings is 1. The third-order valence-corrected chi connectivity index (χ3v) is 5.23. The maximum Gasteiger partial charge on any atom is 0.186 e. The predicted molar refractivity (Wildman–Crippen MR) is 116 cm³/mol. The Morgan fingerprint density at radius 1 is 0.964 bits per heavy atom. The van der Waals surface area contributed by atoms with E-state index in [0.29, 0.717) is 0 Å². The molecule has 1 heterocycles. The van der Waals surface area contributed by atoms with Crippen LogP contribution in [-0.2, 0) is 13.1 Å². The molecule has 1 fully saturated rings. The molecule has 0 bridgehead atoms. The third-order valence-electron chi connectivity index (χ3n) is 5.23. The van der Waals surface area contributed by atoms with Gasteiger partial charge in [-0.2, -0.15) is 0 Å². The summed E-state index contributed by atoms with van der Waals surface area (Å²) in [6, 6.07) is 16.3. The van der Waals surface area contributed by atoms with E-state index in [1.54, 1.807) is 6.08 Å². The lowest BCUT2D eigenvalue weighted by atomic mass is 10.0. The highest BCUT2D eigenvalue weighted by Crippen LogP contribution is 2.17. The SMILES string of the molecule is CN(C)Cc1ccccc1C(=O)C=Cc1ccccc1CN1CCN(C)CC1. The second-order valence-corrected chi connectivity index (χ2v) is 7.87. The highest BCUT2D eigenvalue weighted by molar-refractivity contribution is 6.07. The van der Waals surface area contributed by atoms with Gasteiger partial charge in [0.15, 0.2) is 5.78 Å². The van der Waals surface area contributed by atoms with Crippen molar-refractivity contribution in [3.63, 3.8) is 0 Å². The van der Waals surface area contributed by atoms with E-state index < -0.39 is 0 Å². The highest BCUT2D eigenvalue weighted by Gasteiger charge is 2.15. The molecule has 1 saturated heterocycles. The Kier molecular flexibility index (Phi) is 7.15. The van der Waals surface area contributed by atoms with E-state index in [1.807, 2.05) is 50.5 Å². The molecule has 0 aliphatic carbocycles. The average molecular weight is 378 g/mol. The minimum atomic E-state index is 0.0619. The van der Waals surface area contributed by atoms with Crippen molar-refractivity contribution in [3.05, 3.63) is 76.9 Å². The largest absolute Gasteiger partial charge is 0.305 e. The predicted octanol–water partition coefficient (Wildman–Crippen LogP) is 3.39. The zero-order valence-corrected chi connectivity index (χ0v) is 17.3. The van der Waals surface area contributed by atoms with Gasteiger partial charge in [0.05, 0.1) is 0 Å². The molecule has 0 amide bonds. The Bertz CT molecular complexity index is 820. The minimum absolute atomic E-state index is 0.0619. The van der Waals surface area contributed by atoms with E-state index in [-0.39, 0.29) is 5.78 Å². The van der Waals surface area contributed by atoms with Crippen molar-refractivity contribution >= 4 is 11.9 Å². The van der Waals surface area contributed by atoms with Gasteiger partial charge in [0, 0.05) is 44.8 Å². The monoisotopic (exact) mass is 377 g/mol. The topological polar surface area (TPSA) is 26.8 Å². The summed E-state index contributed by atoms with van der Waals surface area (Å²) >= 11 is 0. The van der Waals surface area contributed by atoms with Gasteiger partial charge >= 0.3 is 0 Å². The molecule has 148 valence electrons. The zero-order chi connectivity index (χ0) is 19.9. The van der Waals surface area contributed by atoms with Crippen LogP contribution in [0.2, 0.25) is 0 Å². The fourth-order valence-corrected chi connectivity index (χ4v) is 3.58. The summed E-state index contributed by atoms with van der Waals surface area (Å²) in [6.07, 6.45) is 3.69. The van der Waals surface area contributed by atoms with Crippen molar-refractivity contribution in [1.29, 1.82) is 0 Å². The number of nitrogens with zero attached hydrogens (tertiary/aromatic N) is 3. The number of hydrogen-bond acceptors (Lipinski definition) is 4. The van der Waals surface area contributed by atoms with Crippen molar-refractivity contribution in [3.8, 4) is 0 Å². The van der Waals surface area contributed by atoms with Crippen molar-refractivity contribution in [2.24, 2.45) is 0 Å². The summed E-state index contributed by atoms with van der Waals surface area (Å²) in [5.41, 5.74) is 4.24. The number of allylic oxidation sites excluding steroid dienone is 1. The fourth-order valence-electron chi connectivity index (χ4n) is 3.58. The van der Waals surface area contributed by atoms with E-state index in [4.69, 9.17) is 0 Å². The number of carbonyl (C=O) groups excluding carboxylic acids is 1. The molecule has 0 saturated carbocycles. The van der Waals surface area contributed by atoms with E-state index >= 15 is 0 Å². The molecule has 0 aromatic heterocycles. The molecule has 4 heteroatoms. The van der Waals surface area contributed by atoms with Crippen molar-refractivity contribution in [2.45, 2.75) is 13.1 Å². The number of rotatable bonds is 7. The van der Waals surface area contributed by atoms with E-state index in [0.717, 1.165) is 56.0 Å². The Morgan fingerprint density at radius 2 is 1.61 bits per heavy atom. The molecular weight excluding hydrogens is 346 g/mol. The van der Waals surface area contributed by atoms with Gasteiger partial charge in [-0.05, 0) is 43.9 Å². The van der Waals surface area contributed by atoms with Gasteiger partial charge in [-0.3, -0.25) is 9.69 Å². The van der Waals surface area contributed by atoms with Crippen LogP contribution >= 0.6 is 0 Å². The number of likely N-dealkylation sites (N-methyl/N-ethyl adjacent to an activating group) is 1. The van der Waals surface area contributed by atoms with Crippen LogP contribution in [0.3, 0.4) is 0 Å². The van der Waals surface area contributed by atoms with Crippen LogP contribution in [0, 0.1) is 0 Å². The lowest BCUT2D eigenvalue weighted by Crippen LogP contribution is -2.43. The maximum absolute atomic E-state index is 12.8. The molecule has 0 N–H and O–H groups in total. The van der Waals surface area contributed by atoms with Gasteiger partial charge in [-0.1, -0.05) is 54.6 Å². The van der Waals surface area contributed by atoms with Gasteiger partial charge < -0.3 is 9.80 Å². The fraction of sp³-hybridized carbons (Fsp3) is 0.375. The van der Waals surface area contributed by atoms with Crippen molar-refractivity contribution in [2.75, 3.05) is 47.3 Å². The minimum Gasteiger partial charge on any atom is -0.305 e. The Balaban J connectivity index is 1.73. The first-order valence-electron chi connectivity index (χ1n) is 9.97. The Hall–Kier alpha value is -2.27. The normalized spacial score (nSPS) is 16.1. The molecule has 0 unspecified atom stereocenters. The number of ketones is 1. The van der Waals surface area contributed by atoms with Gasteiger partial charge in [-0.15, -0.1) is 0 Å². The van der Waals surface area contributed by atoms with Gasteiger partial charge in [0.1, 0.15) is 0 Å². The highest BCUT2D eigenvalue weighted by atomic mass is 16.1. The smallest absolute Gasteiger partial charge is 0.186 e. The maximum atomic E-state index is 12.8. The second kappa shape index (κ2) is 9.78. The standard InChI is InChI=1S/C24H31N3O/c1-25(2)18-22-10-6-7-11-23(22)24(28)13-12-20-8-4-5-9-21(20)19-27-16-14-26(3)15-17-27/h4-13H,14-19H2,1-3H3. The molecule has 3 rings (SSSR count). The van der Waals surface area contributed by atoms with Gasteiger partial charge in [-0.25, -0.2) is 0 Å². The summed E-state index contributed by atoms with van der Waals surface area (Å²) in [5, 5.41) is 0.